The Hall–Kier alpha value is -2.17. The van der Waals surface area contributed by atoms with Crippen LogP contribution in [0.5, 0.6) is 0 Å². The standard InChI is InChI=1S/C20H31N5O4S/c1-13(2)9-18-21-17-11-14(22-30(28,29)23(3)4)10-16(19(17)24(18)5)20(27)25-8-6-7-15(25)12-26/h10-11,13,15,22,26H,6-9,12H2,1-5H3/t15-/m0/s1. The molecular weight excluding hydrogens is 406 g/mol. The third kappa shape index (κ3) is 4.30. The maximum Gasteiger partial charge on any atom is 0.301 e. The highest BCUT2D eigenvalue weighted by Gasteiger charge is 2.31. The van der Waals surface area contributed by atoms with Crippen LogP contribution >= 0.6 is 0 Å². The summed E-state index contributed by atoms with van der Waals surface area (Å²) in [7, 11) is 1.01. The van der Waals surface area contributed by atoms with Crippen molar-refractivity contribution < 1.29 is 18.3 Å². The van der Waals surface area contributed by atoms with Gasteiger partial charge in [0, 0.05) is 34.1 Å². The highest BCUT2D eigenvalue weighted by Crippen LogP contribution is 2.29. The van der Waals surface area contributed by atoms with E-state index in [9.17, 15) is 18.3 Å². The van der Waals surface area contributed by atoms with Crippen molar-refractivity contribution in [1.29, 1.82) is 0 Å². The number of likely N-dealkylation sites (tertiary alicyclic amines) is 1. The number of hydrogen-bond acceptors (Lipinski definition) is 5. The van der Waals surface area contributed by atoms with Crippen LogP contribution in [0.25, 0.3) is 11.0 Å². The summed E-state index contributed by atoms with van der Waals surface area (Å²) in [5.41, 5.74) is 1.91. The van der Waals surface area contributed by atoms with Crippen LogP contribution in [-0.4, -0.2) is 71.5 Å². The quantitative estimate of drug-likeness (QED) is 0.684. The number of aryl methyl sites for hydroxylation is 1. The smallest absolute Gasteiger partial charge is 0.301 e. The topological polar surface area (TPSA) is 108 Å². The maximum absolute atomic E-state index is 13.5. The fourth-order valence-corrected chi connectivity index (χ4v) is 4.46. The molecule has 0 bridgehead atoms. The highest BCUT2D eigenvalue weighted by atomic mass is 32.2. The molecule has 1 aliphatic rings. The summed E-state index contributed by atoms with van der Waals surface area (Å²) in [6.07, 6.45) is 2.32. The van der Waals surface area contributed by atoms with Crippen LogP contribution in [0.1, 0.15) is 42.9 Å². The van der Waals surface area contributed by atoms with Crippen molar-refractivity contribution in [1.82, 2.24) is 18.8 Å². The predicted molar refractivity (Wildman–Crippen MR) is 117 cm³/mol. The van der Waals surface area contributed by atoms with Crippen molar-refractivity contribution >= 4 is 32.8 Å². The van der Waals surface area contributed by atoms with Gasteiger partial charge in [0.1, 0.15) is 5.82 Å². The Morgan fingerprint density at radius 1 is 1.37 bits per heavy atom. The lowest BCUT2D eigenvalue weighted by Gasteiger charge is -2.24. The number of aliphatic hydroxyl groups excluding tert-OH is 1. The fourth-order valence-electron chi connectivity index (χ4n) is 3.86. The first kappa shape index (κ1) is 22.5. The van der Waals surface area contributed by atoms with Crippen LogP contribution in [0.15, 0.2) is 12.1 Å². The molecule has 1 fully saturated rings. The van der Waals surface area contributed by atoms with E-state index >= 15 is 0 Å². The number of carbonyl (C=O) groups excluding carboxylic acids is 1. The first-order valence-corrected chi connectivity index (χ1v) is 11.6. The molecule has 2 aromatic rings. The molecule has 1 atom stereocenters. The van der Waals surface area contributed by atoms with Gasteiger partial charge in [0.25, 0.3) is 5.91 Å². The molecule has 10 heteroatoms. The Bertz CT molecular complexity index is 1050. The van der Waals surface area contributed by atoms with Gasteiger partial charge in [-0.25, -0.2) is 4.98 Å². The molecule has 9 nitrogen and oxygen atoms in total. The molecule has 0 saturated carbocycles. The number of benzene rings is 1. The normalized spacial score (nSPS) is 17.5. The molecule has 2 heterocycles. The minimum absolute atomic E-state index is 0.0914. The average Bonchev–Trinajstić information content (AvgIpc) is 3.24. The second kappa shape index (κ2) is 8.52. The number of aliphatic hydroxyl groups is 1. The molecule has 30 heavy (non-hydrogen) atoms. The summed E-state index contributed by atoms with van der Waals surface area (Å²) in [5, 5.41) is 9.66. The van der Waals surface area contributed by atoms with Crippen molar-refractivity contribution in [3.8, 4) is 0 Å². The monoisotopic (exact) mass is 437 g/mol. The van der Waals surface area contributed by atoms with E-state index in [1.807, 2.05) is 11.6 Å². The number of carbonyl (C=O) groups is 1. The number of rotatable bonds is 7. The van der Waals surface area contributed by atoms with E-state index < -0.39 is 10.2 Å². The first-order chi connectivity index (χ1) is 14.0. The van der Waals surface area contributed by atoms with Gasteiger partial charge in [0.15, 0.2) is 0 Å². The maximum atomic E-state index is 13.5. The Kier molecular flexibility index (Phi) is 6.40. The molecular formula is C20H31N5O4S. The SMILES string of the molecule is CC(C)Cc1nc2cc(NS(=O)(=O)N(C)C)cc(C(=O)N3CCC[C@H]3CO)c2n1C. The van der Waals surface area contributed by atoms with Crippen LogP contribution in [-0.2, 0) is 23.7 Å². The van der Waals surface area contributed by atoms with Crippen LogP contribution in [0, 0.1) is 5.92 Å². The number of nitrogens with one attached hydrogen (secondary N) is 1. The van der Waals surface area contributed by atoms with E-state index in [0.717, 1.165) is 29.4 Å². The Labute approximate surface area is 177 Å². The van der Waals surface area contributed by atoms with Gasteiger partial charge in [-0.2, -0.15) is 12.7 Å². The van der Waals surface area contributed by atoms with Gasteiger partial charge in [0.05, 0.1) is 34.9 Å². The number of fused-ring (bicyclic) bond motifs is 1. The summed E-state index contributed by atoms with van der Waals surface area (Å²) in [4.78, 5) is 19.8. The molecule has 3 rings (SSSR count). The fraction of sp³-hybridized carbons (Fsp3) is 0.600. The van der Waals surface area contributed by atoms with E-state index in [4.69, 9.17) is 4.98 Å². The molecule has 1 amide bonds. The largest absolute Gasteiger partial charge is 0.394 e. The third-order valence-electron chi connectivity index (χ3n) is 5.46. The number of imidazole rings is 1. The van der Waals surface area contributed by atoms with E-state index in [2.05, 4.69) is 18.6 Å². The van der Waals surface area contributed by atoms with Gasteiger partial charge in [0.2, 0.25) is 0 Å². The molecule has 1 aromatic heterocycles. The lowest BCUT2D eigenvalue weighted by molar-refractivity contribution is 0.0679. The van der Waals surface area contributed by atoms with Crippen LogP contribution in [0.4, 0.5) is 5.69 Å². The minimum Gasteiger partial charge on any atom is -0.394 e. The molecule has 0 radical (unpaired) electrons. The van der Waals surface area contributed by atoms with Gasteiger partial charge in [-0.15, -0.1) is 0 Å². The minimum atomic E-state index is -3.74. The van der Waals surface area contributed by atoms with Gasteiger partial charge in [-0.3, -0.25) is 9.52 Å². The van der Waals surface area contributed by atoms with Crippen molar-refractivity contribution in [2.75, 3.05) is 32.0 Å². The molecule has 0 unspecified atom stereocenters. The Morgan fingerprint density at radius 2 is 2.07 bits per heavy atom. The van der Waals surface area contributed by atoms with Crippen molar-refractivity contribution in [3.63, 3.8) is 0 Å². The molecule has 0 aliphatic carbocycles. The second-order valence-corrected chi connectivity index (χ2v) is 10.3. The number of hydrogen-bond donors (Lipinski definition) is 2. The number of nitrogens with zero attached hydrogens (tertiary/aromatic N) is 4. The number of aromatic nitrogens is 2. The molecule has 1 aromatic carbocycles. The van der Waals surface area contributed by atoms with Crippen molar-refractivity contribution in [3.05, 3.63) is 23.5 Å². The van der Waals surface area contributed by atoms with E-state index in [1.54, 1.807) is 17.0 Å². The lowest BCUT2D eigenvalue weighted by Crippen LogP contribution is -2.38. The van der Waals surface area contributed by atoms with Crippen LogP contribution in [0.3, 0.4) is 0 Å². The summed E-state index contributed by atoms with van der Waals surface area (Å²) < 4.78 is 30.2. The van der Waals surface area contributed by atoms with Crippen molar-refractivity contribution in [2.24, 2.45) is 13.0 Å². The summed E-state index contributed by atoms with van der Waals surface area (Å²) in [5.74, 6) is 0.993. The molecule has 1 saturated heterocycles. The van der Waals surface area contributed by atoms with Crippen LogP contribution < -0.4 is 4.72 Å². The van der Waals surface area contributed by atoms with E-state index in [-0.39, 0.29) is 24.2 Å². The first-order valence-electron chi connectivity index (χ1n) is 10.2. The van der Waals surface area contributed by atoms with Crippen molar-refractivity contribution in [2.45, 2.75) is 39.2 Å². The third-order valence-corrected chi connectivity index (χ3v) is 6.91. The molecule has 0 spiro atoms. The summed E-state index contributed by atoms with van der Waals surface area (Å²) in [6, 6.07) is 3.00. The zero-order chi connectivity index (χ0) is 22.2. The molecule has 2 N–H and O–H groups in total. The Morgan fingerprint density at radius 3 is 2.67 bits per heavy atom. The van der Waals surface area contributed by atoms with E-state index in [1.165, 1.54) is 14.1 Å². The van der Waals surface area contributed by atoms with Crippen LogP contribution in [0.2, 0.25) is 0 Å². The second-order valence-electron chi connectivity index (χ2n) is 8.44. The predicted octanol–water partition coefficient (Wildman–Crippen LogP) is 1.59. The number of anilines is 1. The lowest BCUT2D eigenvalue weighted by atomic mass is 10.1. The zero-order valence-corrected chi connectivity index (χ0v) is 19.0. The van der Waals surface area contributed by atoms with Gasteiger partial charge in [-0.1, -0.05) is 13.8 Å². The Balaban J connectivity index is 2.16. The molecule has 166 valence electrons. The summed E-state index contributed by atoms with van der Waals surface area (Å²) >= 11 is 0. The van der Waals surface area contributed by atoms with Gasteiger partial charge in [-0.05, 0) is 30.9 Å². The van der Waals surface area contributed by atoms with Gasteiger partial charge < -0.3 is 14.6 Å². The summed E-state index contributed by atoms with van der Waals surface area (Å²) in [6.45, 7) is 4.66. The zero-order valence-electron chi connectivity index (χ0n) is 18.2. The van der Waals surface area contributed by atoms with Gasteiger partial charge >= 0.3 is 10.2 Å². The number of amides is 1. The molecule has 1 aliphatic heterocycles. The average molecular weight is 438 g/mol. The highest BCUT2D eigenvalue weighted by molar-refractivity contribution is 7.90. The van der Waals surface area contributed by atoms with E-state index in [0.29, 0.717) is 29.1 Å².